The van der Waals surface area contributed by atoms with Crippen molar-refractivity contribution in [3.05, 3.63) is 11.6 Å². The Labute approximate surface area is 191 Å². The van der Waals surface area contributed by atoms with Crippen molar-refractivity contribution < 1.29 is 9.59 Å². The number of nitrogens with zero attached hydrogens (tertiary/aromatic N) is 1. The van der Waals surface area contributed by atoms with Gasteiger partial charge in [-0.3, -0.25) is 14.5 Å². The third-order valence-electron chi connectivity index (χ3n) is 8.21. The number of unbranched alkanes of at least 4 members (excludes halogenated alkanes) is 15. The number of rotatable bonds is 17. The van der Waals surface area contributed by atoms with Gasteiger partial charge in [0, 0.05) is 6.54 Å². The molecule has 0 aromatic carbocycles. The third-order valence-corrected chi connectivity index (χ3v) is 8.21. The van der Waals surface area contributed by atoms with E-state index in [9.17, 15) is 9.59 Å². The maximum Gasteiger partial charge on any atom is 0.233 e. The van der Waals surface area contributed by atoms with E-state index in [1.54, 1.807) is 4.90 Å². The summed E-state index contributed by atoms with van der Waals surface area (Å²) in [5, 5.41) is 0. The summed E-state index contributed by atoms with van der Waals surface area (Å²) in [6.45, 7) is 5.07. The Bertz CT molecular complexity index is 610. The van der Waals surface area contributed by atoms with Crippen molar-refractivity contribution in [1.29, 1.82) is 0 Å². The summed E-state index contributed by atoms with van der Waals surface area (Å²) in [4.78, 5) is 27.2. The van der Waals surface area contributed by atoms with Crippen LogP contribution in [0, 0.1) is 23.7 Å². The van der Waals surface area contributed by atoms with E-state index >= 15 is 0 Å². The third kappa shape index (κ3) is 6.45. The lowest BCUT2D eigenvalue weighted by molar-refractivity contribution is -0.140. The van der Waals surface area contributed by atoms with Crippen LogP contribution in [-0.2, 0) is 9.59 Å². The normalized spacial score (nSPS) is 26.8. The first-order valence-electron chi connectivity index (χ1n) is 13.7. The molecule has 3 nitrogen and oxygen atoms in total. The second-order valence-electron chi connectivity index (χ2n) is 10.6. The van der Waals surface area contributed by atoms with Gasteiger partial charge in [-0.15, -0.1) is 0 Å². The van der Waals surface area contributed by atoms with Gasteiger partial charge < -0.3 is 0 Å². The first-order chi connectivity index (χ1) is 15.1. The fraction of sp³-hybridized carbons (Fsp3) is 0.857. The number of fused-ring (bicyclic) bond motifs is 5. The summed E-state index contributed by atoms with van der Waals surface area (Å²) < 4.78 is 0. The highest BCUT2D eigenvalue weighted by Gasteiger charge is 2.60. The molecule has 1 saturated heterocycles. The minimum absolute atomic E-state index is 0.0245. The van der Waals surface area contributed by atoms with Crippen LogP contribution in [0.5, 0.6) is 0 Å². The van der Waals surface area contributed by atoms with Crippen LogP contribution in [0.4, 0.5) is 0 Å². The Morgan fingerprint density at radius 3 is 1.68 bits per heavy atom. The quantitative estimate of drug-likeness (QED) is 0.137. The molecule has 4 unspecified atom stereocenters. The molecule has 4 atom stereocenters. The van der Waals surface area contributed by atoms with E-state index < -0.39 is 0 Å². The fourth-order valence-corrected chi connectivity index (χ4v) is 6.37. The van der Waals surface area contributed by atoms with Crippen LogP contribution in [0.1, 0.15) is 123 Å². The number of amides is 2. The number of hydrogen-bond acceptors (Lipinski definition) is 2. The smallest absolute Gasteiger partial charge is 0.233 e. The lowest BCUT2D eigenvalue weighted by atomic mass is 9.82. The Balaban J connectivity index is 1.13. The monoisotopic (exact) mass is 429 g/mol. The lowest BCUT2D eigenvalue weighted by Gasteiger charge is -2.19. The molecule has 2 fully saturated rings. The number of hydrogen-bond donors (Lipinski definition) is 0. The summed E-state index contributed by atoms with van der Waals surface area (Å²) in [7, 11) is 0. The highest BCUT2D eigenvalue weighted by Crippen LogP contribution is 2.55. The second kappa shape index (κ2) is 12.8. The Hall–Kier alpha value is -1.12. The molecule has 0 aromatic rings. The zero-order valence-corrected chi connectivity index (χ0v) is 20.4. The predicted molar refractivity (Wildman–Crippen MR) is 129 cm³/mol. The number of likely N-dealkylation sites (tertiary alicyclic amines) is 1. The topological polar surface area (TPSA) is 37.4 Å². The van der Waals surface area contributed by atoms with Crippen LogP contribution in [0.25, 0.3) is 0 Å². The van der Waals surface area contributed by atoms with Crippen LogP contribution in [0.15, 0.2) is 11.6 Å². The minimum Gasteiger partial charge on any atom is -0.282 e. The van der Waals surface area contributed by atoms with Crippen molar-refractivity contribution in [3.63, 3.8) is 0 Å². The Kier molecular flexibility index (Phi) is 10.1. The van der Waals surface area contributed by atoms with Crippen LogP contribution >= 0.6 is 0 Å². The van der Waals surface area contributed by atoms with Crippen molar-refractivity contribution in [2.45, 2.75) is 123 Å². The second-order valence-corrected chi connectivity index (χ2v) is 10.6. The van der Waals surface area contributed by atoms with Crippen LogP contribution < -0.4 is 0 Å². The maximum absolute atomic E-state index is 12.8. The van der Waals surface area contributed by atoms with E-state index in [2.05, 4.69) is 19.9 Å². The van der Waals surface area contributed by atoms with Crippen molar-refractivity contribution in [1.82, 2.24) is 4.90 Å². The highest BCUT2D eigenvalue weighted by atomic mass is 16.2. The largest absolute Gasteiger partial charge is 0.282 e. The van der Waals surface area contributed by atoms with Crippen molar-refractivity contribution in [3.8, 4) is 0 Å². The fourth-order valence-electron chi connectivity index (χ4n) is 6.37. The summed E-state index contributed by atoms with van der Waals surface area (Å²) in [5.41, 5.74) is 1.34. The van der Waals surface area contributed by atoms with Gasteiger partial charge >= 0.3 is 0 Å². The molecule has 0 spiro atoms. The van der Waals surface area contributed by atoms with Crippen LogP contribution in [-0.4, -0.2) is 23.3 Å². The first kappa shape index (κ1) is 24.5. The molecule has 0 aromatic heterocycles. The number of carbonyl (C=O) groups excluding carboxylic acids is 2. The molecule has 1 saturated carbocycles. The van der Waals surface area contributed by atoms with E-state index in [0.29, 0.717) is 18.4 Å². The summed E-state index contributed by atoms with van der Waals surface area (Å²) in [6.07, 6.45) is 24.8. The number of imide groups is 1. The zero-order valence-electron chi connectivity index (χ0n) is 20.4. The Morgan fingerprint density at radius 1 is 0.710 bits per heavy atom. The van der Waals surface area contributed by atoms with Crippen molar-refractivity contribution in [2.75, 3.05) is 6.54 Å². The number of allylic oxidation sites excluding steroid dienone is 2. The first-order valence-corrected chi connectivity index (χ1v) is 13.7. The molecule has 2 bridgehead atoms. The van der Waals surface area contributed by atoms with Gasteiger partial charge in [0.25, 0.3) is 0 Å². The van der Waals surface area contributed by atoms with Crippen LogP contribution in [0.3, 0.4) is 0 Å². The summed E-state index contributed by atoms with van der Waals surface area (Å²) in [6, 6.07) is 0. The van der Waals surface area contributed by atoms with E-state index in [0.717, 1.165) is 19.3 Å². The molecule has 0 radical (unpaired) electrons. The average molecular weight is 430 g/mol. The molecule has 0 N–H and O–H groups in total. The van der Waals surface area contributed by atoms with Gasteiger partial charge in [-0.05, 0) is 31.6 Å². The van der Waals surface area contributed by atoms with Crippen molar-refractivity contribution >= 4 is 11.8 Å². The van der Waals surface area contributed by atoms with E-state index in [1.807, 2.05) is 0 Å². The highest BCUT2D eigenvalue weighted by molar-refractivity contribution is 6.06. The molecule has 1 heterocycles. The molecule has 176 valence electrons. The molecule has 31 heavy (non-hydrogen) atoms. The van der Waals surface area contributed by atoms with Gasteiger partial charge in [0.2, 0.25) is 11.8 Å². The lowest BCUT2D eigenvalue weighted by Crippen LogP contribution is -2.33. The summed E-state index contributed by atoms with van der Waals surface area (Å²) in [5.74, 6) is 0.901. The molecular weight excluding hydrogens is 382 g/mol. The van der Waals surface area contributed by atoms with E-state index in [4.69, 9.17) is 0 Å². The van der Waals surface area contributed by atoms with Gasteiger partial charge in [-0.1, -0.05) is 115 Å². The van der Waals surface area contributed by atoms with Crippen molar-refractivity contribution in [2.24, 2.45) is 23.7 Å². The van der Waals surface area contributed by atoms with Gasteiger partial charge in [0.1, 0.15) is 0 Å². The maximum atomic E-state index is 12.8. The van der Waals surface area contributed by atoms with Gasteiger partial charge in [0.05, 0.1) is 11.8 Å². The zero-order chi connectivity index (χ0) is 22.1. The minimum atomic E-state index is -0.0257. The molecule has 1 aliphatic heterocycles. The molecule has 3 aliphatic rings. The Morgan fingerprint density at radius 2 is 1.16 bits per heavy atom. The SMILES string of the molecule is CCCCCCCCCCCCCCCCCCN1C(=O)C2C3C=C(C)C(C3)C2C1=O. The average Bonchev–Trinajstić information content (AvgIpc) is 3.39. The molecular formula is C28H47NO2. The van der Waals surface area contributed by atoms with Gasteiger partial charge in [-0.2, -0.15) is 0 Å². The molecule has 3 heteroatoms. The van der Waals surface area contributed by atoms with Gasteiger partial charge in [-0.25, -0.2) is 0 Å². The number of carbonyl (C=O) groups is 2. The molecule has 3 rings (SSSR count). The van der Waals surface area contributed by atoms with Gasteiger partial charge in [0.15, 0.2) is 0 Å². The predicted octanol–water partition coefficient (Wildman–Crippen LogP) is 7.45. The van der Waals surface area contributed by atoms with Crippen LogP contribution in [0.2, 0.25) is 0 Å². The molecule has 2 aliphatic carbocycles. The van der Waals surface area contributed by atoms with E-state index in [1.165, 1.54) is 95.5 Å². The summed E-state index contributed by atoms with van der Waals surface area (Å²) >= 11 is 0. The molecule has 2 amide bonds. The standard InChI is InChI=1S/C28H47NO2/c1-3-4-5-6-7-8-9-10-11-12-13-14-15-16-17-18-19-29-27(30)25-23-20-22(2)24(21-23)26(25)28(29)31/h20,23-26H,3-19,21H2,1-2H3. The van der Waals surface area contributed by atoms with E-state index in [-0.39, 0.29) is 23.7 Å².